The molecule has 0 fully saturated rings. The highest BCUT2D eigenvalue weighted by atomic mass is 15.4. The van der Waals surface area contributed by atoms with Crippen molar-refractivity contribution < 1.29 is 0 Å². The molecule has 3 aromatic rings. The summed E-state index contributed by atoms with van der Waals surface area (Å²) >= 11 is 0. The topological polar surface area (TPSA) is 61.4 Å². The summed E-state index contributed by atoms with van der Waals surface area (Å²) in [6, 6.07) is 5.96. The van der Waals surface area contributed by atoms with Crippen molar-refractivity contribution in [2.45, 2.75) is 34.6 Å². The predicted octanol–water partition coefficient (Wildman–Crippen LogP) is 2.39. The largest absolute Gasteiger partial charge is 0.253 e. The van der Waals surface area contributed by atoms with Gasteiger partial charge >= 0.3 is 0 Å². The maximum absolute atomic E-state index is 4.61. The molecule has 3 aromatic heterocycles. The van der Waals surface area contributed by atoms with Crippen LogP contribution in [-0.4, -0.2) is 29.5 Å². The van der Waals surface area contributed by atoms with Crippen LogP contribution in [0.3, 0.4) is 0 Å². The molecular formula is C15H18N6. The van der Waals surface area contributed by atoms with Crippen LogP contribution in [0.5, 0.6) is 0 Å². The first-order valence-electron chi connectivity index (χ1n) is 6.87. The van der Waals surface area contributed by atoms with Crippen molar-refractivity contribution in [1.29, 1.82) is 0 Å². The van der Waals surface area contributed by atoms with E-state index in [4.69, 9.17) is 0 Å². The number of hydrogen-bond donors (Lipinski definition) is 0. The zero-order chi connectivity index (χ0) is 15.1. The van der Waals surface area contributed by atoms with Crippen LogP contribution in [0.15, 0.2) is 18.2 Å². The first kappa shape index (κ1) is 13.5. The molecule has 21 heavy (non-hydrogen) atoms. The Morgan fingerprint density at radius 1 is 0.667 bits per heavy atom. The van der Waals surface area contributed by atoms with Crippen molar-refractivity contribution in [1.82, 2.24) is 29.5 Å². The number of aromatic nitrogens is 6. The molecule has 6 nitrogen and oxygen atoms in total. The fourth-order valence-corrected chi connectivity index (χ4v) is 2.43. The highest BCUT2D eigenvalue weighted by Gasteiger charge is 2.12. The van der Waals surface area contributed by atoms with Gasteiger partial charge in [0.2, 0.25) is 0 Å². The van der Waals surface area contributed by atoms with Crippen LogP contribution in [0.1, 0.15) is 28.5 Å². The molecule has 108 valence electrons. The highest BCUT2D eigenvalue weighted by Crippen LogP contribution is 2.14. The fourth-order valence-electron chi connectivity index (χ4n) is 2.43. The van der Waals surface area contributed by atoms with Gasteiger partial charge in [-0.25, -0.2) is 14.3 Å². The van der Waals surface area contributed by atoms with Gasteiger partial charge in [-0.2, -0.15) is 15.2 Å². The molecule has 0 amide bonds. The van der Waals surface area contributed by atoms with Gasteiger partial charge in [-0.1, -0.05) is 0 Å². The van der Waals surface area contributed by atoms with Crippen molar-refractivity contribution in [3.8, 4) is 11.8 Å². The summed E-state index contributed by atoms with van der Waals surface area (Å²) in [7, 11) is 0. The van der Waals surface area contributed by atoms with Crippen LogP contribution in [0.4, 0.5) is 0 Å². The number of nitrogens with zero attached hydrogens (tertiary/aromatic N) is 6. The lowest BCUT2D eigenvalue weighted by atomic mass is 10.4. The summed E-state index contributed by atoms with van der Waals surface area (Å²) < 4.78 is 3.59. The molecule has 3 heterocycles. The van der Waals surface area contributed by atoms with Gasteiger partial charge in [0.05, 0.1) is 11.4 Å². The standard InChI is InChI=1S/C15H18N6/c1-9-8-14(20-12(4)6-10(2)18-20)17-15(16-9)21-13(5)7-11(3)19-21/h6-8H,1-5H3. The van der Waals surface area contributed by atoms with Crippen molar-refractivity contribution in [2.24, 2.45) is 0 Å². The smallest absolute Gasteiger partial charge is 0.219 e. The Kier molecular flexibility index (Phi) is 3.08. The predicted molar refractivity (Wildman–Crippen MR) is 80.0 cm³/mol. The van der Waals surface area contributed by atoms with Crippen LogP contribution in [0, 0.1) is 34.6 Å². The van der Waals surface area contributed by atoms with Gasteiger partial charge in [0.15, 0.2) is 5.82 Å². The van der Waals surface area contributed by atoms with Crippen molar-refractivity contribution >= 4 is 0 Å². The summed E-state index contributed by atoms with van der Waals surface area (Å²) in [4.78, 5) is 9.10. The maximum Gasteiger partial charge on any atom is 0.253 e. The van der Waals surface area contributed by atoms with Crippen molar-refractivity contribution in [2.75, 3.05) is 0 Å². The second-order valence-corrected chi connectivity index (χ2v) is 5.35. The van der Waals surface area contributed by atoms with Crippen LogP contribution in [0.2, 0.25) is 0 Å². The average Bonchev–Trinajstić information content (AvgIpc) is 2.90. The van der Waals surface area contributed by atoms with Crippen molar-refractivity contribution in [3.63, 3.8) is 0 Å². The molecule has 0 spiro atoms. The fraction of sp³-hybridized carbons (Fsp3) is 0.333. The first-order valence-corrected chi connectivity index (χ1v) is 6.87. The van der Waals surface area contributed by atoms with E-state index in [1.165, 1.54) is 0 Å². The zero-order valence-corrected chi connectivity index (χ0v) is 12.9. The van der Waals surface area contributed by atoms with E-state index in [9.17, 15) is 0 Å². The Morgan fingerprint density at radius 3 is 1.76 bits per heavy atom. The van der Waals surface area contributed by atoms with E-state index in [-0.39, 0.29) is 0 Å². The van der Waals surface area contributed by atoms with E-state index in [0.29, 0.717) is 5.95 Å². The van der Waals surface area contributed by atoms with E-state index in [2.05, 4.69) is 20.2 Å². The van der Waals surface area contributed by atoms with Crippen molar-refractivity contribution in [3.05, 3.63) is 46.7 Å². The third kappa shape index (κ3) is 2.44. The van der Waals surface area contributed by atoms with E-state index in [1.807, 2.05) is 57.5 Å². The molecule has 0 saturated carbocycles. The number of rotatable bonds is 2. The van der Waals surface area contributed by atoms with Gasteiger partial charge in [0, 0.05) is 23.1 Å². The van der Waals surface area contributed by atoms with Gasteiger partial charge in [0.1, 0.15) is 0 Å². The van der Waals surface area contributed by atoms with E-state index in [1.54, 1.807) is 4.68 Å². The van der Waals surface area contributed by atoms with E-state index < -0.39 is 0 Å². The third-order valence-electron chi connectivity index (χ3n) is 3.25. The molecule has 0 saturated heterocycles. The summed E-state index contributed by atoms with van der Waals surface area (Å²) in [6.07, 6.45) is 0. The molecule has 0 radical (unpaired) electrons. The minimum absolute atomic E-state index is 0.572. The molecular weight excluding hydrogens is 264 g/mol. The molecule has 0 aliphatic carbocycles. The van der Waals surface area contributed by atoms with Gasteiger partial charge in [0.25, 0.3) is 5.95 Å². The van der Waals surface area contributed by atoms with Gasteiger partial charge in [-0.05, 0) is 46.8 Å². The van der Waals surface area contributed by atoms with Gasteiger partial charge in [-0.3, -0.25) is 0 Å². The third-order valence-corrected chi connectivity index (χ3v) is 3.25. The lowest BCUT2D eigenvalue weighted by molar-refractivity contribution is 0.738. The SMILES string of the molecule is Cc1cc(-n2nc(C)cc2C)nc(-n2nc(C)cc2C)n1. The lowest BCUT2D eigenvalue weighted by Gasteiger charge is -2.08. The van der Waals surface area contributed by atoms with E-state index >= 15 is 0 Å². The summed E-state index contributed by atoms with van der Waals surface area (Å²) in [5.74, 6) is 1.33. The number of aryl methyl sites for hydroxylation is 5. The monoisotopic (exact) mass is 282 g/mol. The zero-order valence-electron chi connectivity index (χ0n) is 12.9. The molecule has 0 aliphatic rings. The summed E-state index contributed by atoms with van der Waals surface area (Å²) in [6.45, 7) is 9.89. The summed E-state index contributed by atoms with van der Waals surface area (Å²) in [5, 5.41) is 8.93. The maximum atomic E-state index is 4.61. The van der Waals surface area contributed by atoms with Crippen LogP contribution < -0.4 is 0 Å². The second-order valence-electron chi connectivity index (χ2n) is 5.35. The van der Waals surface area contributed by atoms with Gasteiger partial charge in [-0.15, -0.1) is 0 Å². The lowest BCUT2D eigenvalue weighted by Crippen LogP contribution is -2.10. The Labute approximate surface area is 123 Å². The molecule has 6 heteroatoms. The molecule has 3 rings (SSSR count). The average molecular weight is 282 g/mol. The molecule has 0 atom stereocenters. The molecule has 0 N–H and O–H groups in total. The first-order chi connectivity index (χ1) is 9.94. The quantitative estimate of drug-likeness (QED) is 0.724. The van der Waals surface area contributed by atoms with Crippen LogP contribution in [-0.2, 0) is 0 Å². The normalized spacial score (nSPS) is 11.1. The van der Waals surface area contributed by atoms with Gasteiger partial charge < -0.3 is 0 Å². The Bertz CT molecular complexity index is 747. The Morgan fingerprint density at radius 2 is 1.24 bits per heavy atom. The number of hydrogen-bond acceptors (Lipinski definition) is 4. The van der Waals surface area contributed by atoms with Crippen LogP contribution in [0.25, 0.3) is 11.8 Å². The minimum atomic E-state index is 0.572. The minimum Gasteiger partial charge on any atom is -0.219 e. The summed E-state index contributed by atoms with van der Waals surface area (Å²) in [5.41, 5.74) is 4.86. The molecule has 0 bridgehead atoms. The highest BCUT2D eigenvalue weighted by molar-refractivity contribution is 5.32. The van der Waals surface area contributed by atoms with E-state index in [0.717, 1.165) is 34.3 Å². The molecule has 0 unspecified atom stereocenters. The Hall–Kier alpha value is -2.50. The molecule has 0 aliphatic heterocycles. The second kappa shape index (κ2) is 4.80. The van der Waals surface area contributed by atoms with Crippen LogP contribution >= 0.6 is 0 Å². The Balaban J connectivity index is 2.17. The molecule has 0 aromatic carbocycles.